The predicted octanol–water partition coefficient (Wildman–Crippen LogP) is 3.70. The topological polar surface area (TPSA) is 54.4 Å². The fourth-order valence-corrected chi connectivity index (χ4v) is 7.20. The Kier molecular flexibility index (Phi) is 3.80. The zero-order chi connectivity index (χ0) is 17.1. The molecule has 132 valence electrons. The molecule has 0 heterocycles. The monoisotopic (exact) mass is 330 g/mol. The Morgan fingerprint density at radius 3 is 2.67 bits per heavy atom. The third-order valence-corrected chi connectivity index (χ3v) is 8.51. The molecule has 1 N–H and O–H groups in total. The molecule has 0 aromatic carbocycles. The van der Waals surface area contributed by atoms with E-state index in [9.17, 15) is 14.7 Å². The van der Waals surface area contributed by atoms with E-state index in [1.807, 2.05) is 6.08 Å². The summed E-state index contributed by atoms with van der Waals surface area (Å²) in [4.78, 5) is 24.1. The molecule has 0 radical (unpaired) electrons. The Morgan fingerprint density at radius 1 is 1.12 bits per heavy atom. The molecule has 4 aliphatic rings. The maximum absolute atomic E-state index is 12.3. The maximum Gasteiger partial charge on any atom is 0.161 e. The van der Waals surface area contributed by atoms with Gasteiger partial charge in [0.15, 0.2) is 11.6 Å². The zero-order valence-electron chi connectivity index (χ0n) is 15.0. The quantitative estimate of drug-likeness (QED) is 0.840. The van der Waals surface area contributed by atoms with Crippen LogP contribution in [0.3, 0.4) is 0 Å². The number of hydrogen-bond donors (Lipinski definition) is 1. The average Bonchev–Trinajstić information content (AvgIpc) is 2.92. The van der Waals surface area contributed by atoms with Crippen molar-refractivity contribution in [2.24, 2.45) is 34.5 Å². The number of rotatable bonds is 2. The van der Waals surface area contributed by atoms with Crippen LogP contribution in [0.1, 0.15) is 65.2 Å². The summed E-state index contributed by atoms with van der Waals surface area (Å²) >= 11 is 0. The number of carbonyl (C=O) groups excluding carboxylic acids is 2. The minimum atomic E-state index is -0.298. The fraction of sp³-hybridized carbons (Fsp3) is 0.810. The number of hydrogen-bond acceptors (Lipinski definition) is 3. The summed E-state index contributed by atoms with van der Waals surface area (Å²) in [5, 5.41) is 9.36. The predicted molar refractivity (Wildman–Crippen MR) is 92.3 cm³/mol. The average molecular weight is 330 g/mol. The van der Waals surface area contributed by atoms with Crippen molar-refractivity contribution in [3.8, 4) is 0 Å². The van der Waals surface area contributed by atoms with Gasteiger partial charge in [0, 0.05) is 12.3 Å². The highest BCUT2D eigenvalue weighted by molar-refractivity contribution is 5.91. The molecule has 0 aromatic heterocycles. The van der Waals surface area contributed by atoms with Gasteiger partial charge >= 0.3 is 0 Å². The van der Waals surface area contributed by atoms with Crippen LogP contribution in [-0.4, -0.2) is 23.3 Å². The van der Waals surface area contributed by atoms with Crippen LogP contribution in [0.25, 0.3) is 0 Å². The van der Waals surface area contributed by atoms with Crippen LogP contribution in [0.5, 0.6) is 0 Å². The first kappa shape index (κ1) is 16.5. The zero-order valence-corrected chi connectivity index (χ0v) is 15.0. The lowest BCUT2D eigenvalue weighted by atomic mass is 9.46. The second-order valence-electron chi connectivity index (χ2n) is 9.27. The highest BCUT2D eigenvalue weighted by atomic mass is 16.3. The van der Waals surface area contributed by atoms with Gasteiger partial charge < -0.3 is 5.11 Å². The van der Waals surface area contributed by atoms with E-state index in [0.717, 1.165) is 32.1 Å². The van der Waals surface area contributed by atoms with Gasteiger partial charge in [0.05, 0.1) is 0 Å². The van der Waals surface area contributed by atoms with Crippen molar-refractivity contribution in [3.63, 3.8) is 0 Å². The van der Waals surface area contributed by atoms with Crippen molar-refractivity contribution in [1.29, 1.82) is 0 Å². The van der Waals surface area contributed by atoms with Crippen LogP contribution < -0.4 is 0 Å². The summed E-state index contributed by atoms with van der Waals surface area (Å²) < 4.78 is 0. The number of allylic oxidation sites excluding steroid dienone is 1. The molecule has 3 saturated carbocycles. The first-order valence-corrected chi connectivity index (χ1v) is 9.77. The highest BCUT2D eigenvalue weighted by Gasteiger charge is 2.59. The maximum atomic E-state index is 12.3. The smallest absolute Gasteiger partial charge is 0.161 e. The number of aliphatic hydroxyl groups excluding tert-OH is 1. The Balaban J connectivity index is 1.65. The molecule has 0 bridgehead atoms. The molecular formula is C21H30O3. The van der Waals surface area contributed by atoms with Crippen LogP contribution in [0, 0.1) is 34.5 Å². The third-order valence-electron chi connectivity index (χ3n) is 8.51. The van der Waals surface area contributed by atoms with Gasteiger partial charge in [0.1, 0.15) is 6.61 Å². The van der Waals surface area contributed by atoms with Crippen LogP contribution in [0.15, 0.2) is 11.6 Å². The molecule has 3 heteroatoms. The Bertz CT molecular complexity index is 606. The van der Waals surface area contributed by atoms with Crippen LogP contribution in [0.4, 0.5) is 0 Å². The van der Waals surface area contributed by atoms with Gasteiger partial charge in [0.2, 0.25) is 0 Å². The summed E-state index contributed by atoms with van der Waals surface area (Å²) in [5.41, 5.74) is 1.70. The van der Waals surface area contributed by atoms with E-state index >= 15 is 0 Å². The molecule has 6 atom stereocenters. The molecule has 0 aromatic rings. The molecule has 4 aliphatic carbocycles. The van der Waals surface area contributed by atoms with Gasteiger partial charge in [0.25, 0.3) is 0 Å². The van der Waals surface area contributed by atoms with Gasteiger partial charge in [-0.15, -0.1) is 0 Å². The third kappa shape index (κ3) is 2.13. The number of ketones is 2. The summed E-state index contributed by atoms with van der Waals surface area (Å²) in [5.74, 6) is 2.42. The first-order chi connectivity index (χ1) is 11.4. The SMILES string of the molecule is C[C@@]12CC[C@H]3[C@@H](CCC4=CC(=O)CC[C@@]43C)[C@H]1CC[C@@H]2C(=O)CO. The van der Waals surface area contributed by atoms with Crippen molar-refractivity contribution in [2.75, 3.05) is 6.61 Å². The van der Waals surface area contributed by atoms with Crippen molar-refractivity contribution in [2.45, 2.75) is 65.2 Å². The lowest BCUT2D eigenvalue weighted by Crippen LogP contribution is -2.51. The standard InChI is InChI=1S/C21H30O3/c1-20-9-7-14(23)11-13(20)3-4-15-16-5-6-18(19(24)12-22)21(16,2)10-8-17(15)20/h11,15-18,22H,3-10,12H2,1-2H3/t15-,16+,17-,18+,20-,21+/m0/s1. The van der Waals surface area contributed by atoms with Gasteiger partial charge in [-0.25, -0.2) is 0 Å². The minimum absolute atomic E-state index is 0.0596. The normalized spacial score (nSPS) is 47.5. The fourth-order valence-electron chi connectivity index (χ4n) is 7.20. The van der Waals surface area contributed by atoms with E-state index in [-0.39, 0.29) is 29.1 Å². The summed E-state index contributed by atoms with van der Waals surface area (Å²) in [6, 6.07) is 0. The summed E-state index contributed by atoms with van der Waals surface area (Å²) in [7, 11) is 0. The molecule has 0 unspecified atom stereocenters. The Labute approximate surface area is 144 Å². The van der Waals surface area contributed by atoms with Gasteiger partial charge in [-0.3, -0.25) is 9.59 Å². The number of Topliss-reactive ketones (excluding diaryl/α,β-unsaturated/α-hetero) is 1. The van der Waals surface area contributed by atoms with Crippen molar-refractivity contribution in [3.05, 3.63) is 11.6 Å². The molecule has 3 nitrogen and oxygen atoms in total. The van der Waals surface area contributed by atoms with Gasteiger partial charge in [-0.05, 0) is 79.6 Å². The van der Waals surface area contributed by atoms with Crippen LogP contribution >= 0.6 is 0 Å². The second-order valence-corrected chi connectivity index (χ2v) is 9.27. The molecule has 3 fully saturated rings. The lowest BCUT2D eigenvalue weighted by Gasteiger charge is -2.58. The van der Waals surface area contributed by atoms with Crippen molar-refractivity contribution in [1.82, 2.24) is 0 Å². The van der Waals surface area contributed by atoms with Gasteiger partial charge in [-0.1, -0.05) is 19.4 Å². The lowest BCUT2D eigenvalue weighted by molar-refractivity contribution is -0.133. The Hall–Kier alpha value is -0.960. The molecule has 0 saturated heterocycles. The molecule has 4 rings (SSSR count). The Morgan fingerprint density at radius 2 is 1.92 bits per heavy atom. The molecule has 0 spiro atoms. The van der Waals surface area contributed by atoms with Crippen LogP contribution in [0.2, 0.25) is 0 Å². The minimum Gasteiger partial charge on any atom is -0.389 e. The van der Waals surface area contributed by atoms with Crippen molar-refractivity contribution < 1.29 is 14.7 Å². The van der Waals surface area contributed by atoms with Crippen LogP contribution in [-0.2, 0) is 9.59 Å². The van der Waals surface area contributed by atoms with E-state index in [4.69, 9.17) is 0 Å². The summed E-state index contributed by atoms with van der Waals surface area (Å²) in [6.45, 7) is 4.42. The van der Waals surface area contributed by atoms with E-state index in [0.29, 0.717) is 30.0 Å². The van der Waals surface area contributed by atoms with E-state index in [2.05, 4.69) is 13.8 Å². The number of fused-ring (bicyclic) bond motifs is 5. The molecular weight excluding hydrogens is 300 g/mol. The number of carbonyl (C=O) groups is 2. The molecule has 24 heavy (non-hydrogen) atoms. The largest absolute Gasteiger partial charge is 0.389 e. The van der Waals surface area contributed by atoms with E-state index < -0.39 is 0 Å². The highest BCUT2D eigenvalue weighted by Crippen LogP contribution is 2.66. The molecule has 0 amide bonds. The van der Waals surface area contributed by atoms with Crippen molar-refractivity contribution >= 4 is 11.6 Å². The van der Waals surface area contributed by atoms with E-state index in [1.54, 1.807) is 0 Å². The number of aliphatic hydroxyl groups is 1. The summed E-state index contributed by atoms with van der Waals surface area (Å²) in [6.07, 6.45) is 10.3. The molecule has 0 aliphatic heterocycles. The second kappa shape index (κ2) is 5.52. The first-order valence-electron chi connectivity index (χ1n) is 9.77. The van der Waals surface area contributed by atoms with Gasteiger partial charge in [-0.2, -0.15) is 0 Å². The van der Waals surface area contributed by atoms with E-state index in [1.165, 1.54) is 18.4 Å².